The molecule has 0 aromatic carbocycles. The number of anilines is 1. The minimum Gasteiger partial charge on any atom is -0.381 e. The van der Waals surface area contributed by atoms with Gasteiger partial charge in [0.2, 0.25) is 0 Å². The van der Waals surface area contributed by atoms with Crippen LogP contribution in [0.1, 0.15) is 19.3 Å². The molecule has 3 heterocycles. The fraction of sp³-hybridized carbons (Fsp3) is 0.462. The fourth-order valence-electron chi connectivity index (χ4n) is 2.50. The lowest BCUT2D eigenvalue weighted by molar-refractivity contribution is 0.570. The molecule has 0 bridgehead atoms. The van der Waals surface area contributed by atoms with Crippen LogP contribution >= 0.6 is 11.8 Å². The average molecular weight is 326 g/mol. The van der Waals surface area contributed by atoms with Crippen LogP contribution < -0.4 is 10.5 Å². The number of rotatable bonds is 4. The third-order valence-electron chi connectivity index (χ3n) is 3.54. The van der Waals surface area contributed by atoms with E-state index in [0.29, 0.717) is 17.4 Å². The second-order valence-electron chi connectivity index (χ2n) is 5.07. The number of nitrogen functional groups attached to an aromatic ring is 1. The topological polar surface area (TPSA) is 89.5 Å². The average Bonchev–Trinajstić information content (AvgIpc) is 2.83. The van der Waals surface area contributed by atoms with E-state index >= 15 is 0 Å². The van der Waals surface area contributed by atoms with Crippen molar-refractivity contribution in [3.05, 3.63) is 24.4 Å². The SMILES string of the molecule is Nc1nc2ccccn2c1S(=O)(=O)NCC1CCCCS1. The number of imidazole rings is 1. The number of hydrogen-bond acceptors (Lipinski definition) is 5. The number of pyridine rings is 1. The first kappa shape index (κ1) is 14.7. The molecule has 8 heteroatoms. The van der Waals surface area contributed by atoms with Crippen molar-refractivity contribution in [2.24, 2.45) is 0 Å². The number of nitrogens with one attached hydrogen (secondary N) is 1. The fourth-order valence-corrected chi connectivity index (χ4v) is 5.13. The monoisotopic (exact) mass is 326 g/mol. The van der Waals surface area contributed by atoms with Gasteiger partial charge in [-0.05, 0) is 30.7 Å². The van der Waals surface area contributed by atoms with Crippen LogP contribution in [0.4, 0.5) is 5.82 Å². The molecule has 0 aliphatic carbocycles. The number of hydrogen-bond donors (Lipinski definition) is 2. The summed E-state index contributed by atoms with van der Waals surface area (Å²) in [5.74, 6) is 1.13. The lowest BCUT2D eigenvalue weighted by Crippen LogP contribution is -2.33. The van der Waals surface area contributed by atoms with Crippen LogP contribution in [-0.2, 0) is 10.0 Å². The molecular formula is C13H18N4O2S2. The molecule has 21 heavy (non-hydrogen) atoms. The van der Waals surface area contributed by atoms with Crippen molar-refractivity contribution in [1.29, 1.82) is 0 Å². The second-order valence-corrected chi connectivity index (χ2v) is 8.16. The summed E-state index contributed by atoms with van der Waals surface area (Å²) in [7, 11) is -3.66. The number of nitrogens with two attached hydrogens (primary N) is 1. The van der Waals surface area contributed by atoms with Gasteiger partial charge in [0.1, 0.15) is 5.65 Å². The Morgan fingerprint density at radius 1 is 1.43 bits per heavy atom. The number of aromatic nitrogens is 2. The Bertz CT molecular complexity index is 736. The first-order valence-corrected chi connectivity index (χ1v) is 9.45. The summed E-state index contributed by atoms with van der Waals surface area (Å²) in [6.45, 7) is 0.437. The molecule has 0 radical (unpaired) electrons. The third kappa shape index (κ3) is 3.02. The van der Waals surface area contributed by atoms with Crippen molar-refractivity contribution in [2.45, 2.75) is 29.5 Å². The molecule has 3 rings (SSSR count). The van der Waals surface area contributed by atoms with E-state index in [9.17, 15) is 8.42 Å². The summed E-state index contributed by atoms with van der Waals surface area (Å²) in [4.78, 5) is 4.09. The molecule has 0 saturated carbocycles. The van der Waals surface area contributed by atoms with Crippen molar-refractivity contribution in [1.82, 2.24) is 14.1 Å². The van der Waals surface area contributed by atoms with Gasteiger partial charge in [0.05, 0.1) is 0 Å². The number of sulfonamides is 1. The molecule has 1 fully saturated rings. The normalized spacial score (nSPS) is 19.9. The van der Waals surface area contributed by atoms with E-state index in [0.717, 1.165) is 18.6 Å². The molecule has 0 amide bonds. The van der Waals surface area contributed by atoms with E-state index in [1.807, 2.05) is 11.8 Å². The van der Waals surface area contributed by atoms with Crippen LogP contribution in [-0.4, -0.2) is 35.4 Å². The molecule has 3 N–H and O–H groups in total. The minimum absolute atomic E-state index is 0.0268. The van der Waals surface area contributed by atoms with Crippen molar-refractivity contribution < 1.29 is 8.42 Å². The van der Waals surface area contributed by atoms with E-state index in [4.69, 9.17) is 5.73 Å². The standard InChI is InChI=1S/C13H18N4O2S2/c14-12-13(17-7-3-1-6-11(17)16-12)21(18,19)15-9-10-5-2-4-8-20-10/h1,3,6-7,10,15H,2,4-5,8-9,14H2. The van der Waals surface area contributed by atoms with Crippen LogP contribution in [0.5, 0.6) is 0 Å². The van der Waals surface area contributed by atoms with Crippen LogP contribution in [0.25, 0.3) is 5.65 Å². The Kier molecular flexibility index (Phi) is 4.10. The van der Waals surface area contributed by atoms with E-state index in [-0.39, 0.29) is 10.8 Å². The van der Waals surface area contributed by atoms with Crippen LogP contribution in [0.3, 0.4) is 0 Å². The Labute approximate surface area is 128 Å². The first-order chi connectivity index (χ1) is 10.1. The van der Waals surface area contributed by atoms with Crippen molar-refractivity contribution in [3.8, 4) is 0 Å². The van der Waals surface area contributed by atoms with E-state index in [2.05, 4.69) is 9.71 Å². The summed E-state index contributed by atoms with van der Waals surface area (Å²) in [5.41, 5.74) is 6.32. The summed E-state index contributed by atoms with van der Waals surface area (Å²) < 4.78 is 29.2. The summed E-state index contributed by atoms with van der Waals surface area (Å²) >= 11 is 1.83. The van der Waals surface area contributed by atoms with Gasteiger partial charge in [0.25, 0.3) is 10.0 Å². The zero-order valence-corrected chi connectivity index (χ0v) is 13.2. The Morgan fingerprint density at radius 3 is 3.05 bits per heavy atom. The molecule has 1 saturated heterocycles. The highest BCUT2D eigenvalue weighted by Crippen LogP contribution is 2.25. The number of fused-ring (bicyclic) bond motifs is 1. The van der Waals surface area contributed by atoms with Crippen LogP contribution in [0.2, 0.25) is 0 Å². The number of thioether (sulfide) groups is 1. The molecule has 1 aliphatic heterocycles. The van der Waals surface area contributed by atoms with Gasteiger partial charge >= 0.3 is 0 Å². The van der Waals surface area contributed by atoms with Gasteiger partial charge < -0.3 is 5.73 Å². The maximum atomic E-state index is 12.5. The van der Waals surface area contributed by atoms with Gasteiger partial charge in [-0.3, -0.25) is 4.40 Å². The highest BCUT2D eigenvalue weighted by atomic mass is 32.2. The molecular weight excluding hydrogens is 308 g/mol. The Morgan fingerprint density at radius 2 is 2.29 bits per heavy atom. The third-order valence-corrected chi connectivity index (χ3v) is 6.40. The molecule has 2 aromatic heterocycles. The van der Waals surface area contributed by atoms with Gasteiger partial charge in [-0.2, -0.15) is 11.8 Å². The molecule has 1 unspecified atom stereocenters. The minimum atomic E-state index is -3.66. The van der Waals surface area contributed by atoms with Crippen molar-refractivity contribution in [3.63, 3.8) is 0 Å². The van der Waals surface area contributed by atoms with Crippen molar-refractivity contribution >= 4 is 33.3 Å². The molecule has 1 atom stereocenters. The molecule has 1 aliphatic rings. The summed E-state index contributed by atoms with van der Waals surface area (Å²) in [5, 5.41) is 0.368. The van der Waals surface area contributed by atoms with E-state index in [1.54, 1.807) is 24.4 Å². The lowest BCUT2D eigenvalue weighted by atomic mass is 10.2. The highest BCUT2D eigenvalue weighted by Gasteiger charge is 2.25. The Balaban J connectivity index is 1.84. The summed E-state index contributed by atoms with van der Waals surface area (Å²) in [6.07, 6.45) is 5.09. The molecule has 6 nitrogen and oxygen atoms in total. The quantitative estimate of drug-likeness (QED) is 0.888. The van der Waals surface area contributed by atoms with Gasteiger partial charge in [-0.15, -0.1) is 0 Å². The lowest BCUT2D eigenvalue weighted by Gasteiger charge is -2.21. The van der Waals surface area contributed by atoms with Gasteiger partial charge in [-0.1, -0.05) is 12.5 Å². The van der Waals surface area contributed by atoms with Gasteiger partial charge in [-0.25, -0.2) is 18.1 Å². The van der Waals surface area contributed by atoms with Crippen LogP contribution in [0, 0.1) is 0 Å². The first-order valence-electron chi connectivity index (χ1n) is 6.92. The van der Waals surface area contributed by atoms with Gasteiger partial charge in [0.15, 0.2) is 10.8 Å². The maximum Gasteiger partial charge on any atom is 0.260 e. The molecule has 0 spiro atoms. The molecule has 2 aromatic rings. The summed E-state index contributed by atoms with van der Waals surface area (Å²) in [6, 6.07) is 5.28. The smallest absolute Gasteiger partial charge is 0.260 e. The Hall–Kier alpha value is -1.25. The predicted molar refractivity (Wildman–Crippen MR) is 84.9 cm³/mol. The number of nitrogens with zero attached hydrogens (tertiary/aromatic N) is 2. The second kappa shape index (κ2) is 5.86. The zero-order chi connectivity index (χ0) is 14.9. The highest BCUT2D eigenvalue weighted by molar-refractivity contribution is 8.00. The van der Waals surface area contributed by atoms with E-state index < -0.39 is 10.0 Å². The zero-order valence-electron chi connectivity index (χ0n) is 11.5. The van der Waals surface area contributed by atoms with Crippen LogP contribution in [0.15, 0.2) is 29.4 Å². The van der Waals surface area contributed by atoms with Gasteiger partial charge in [0, 0.05) is 18.0 Å². The van der Waals surface area contributed by atoms with E-state index in [1.165, 1.54) is 10.8 Å². The molecule has 114 valence electrons. The maximum absolute atomic E-state index is 12.5. The largest absolute Gasteiger partial charge is 0.381 e. The van der Waals surface area contributed by atoms with Crippen molar-refractivity contribution in [2.75, 3.05) is 18.0 Å². The predicted octanol–water partition coefficient (Wildman–Crippen LogP) is 1.48.